The van der Waals surface area contributed by atoms with Crippen LogP contribution in [0.2, 0.25) is 0 Å². The van der Waals surface area contributed by atoms with Gasteiger partial charge >= 0.3 is 0 Å². The summed E-state index contributed by atoms with van der Waals surface area (Å²) in [6.45, 7) is 3.72. The van der Waals surface area contributed by atoms with Gasteiger partial charge in [0, 0.05) is 43.2 Å². The van der Waals surface area contributed by atoms with Crippen molar-refractivity contribution in [1.82, 2.24) is 14.4 Å². The first kappa shape index (κ1) is 23.1. The fourth-order valence-corrected chi connectivity index (χ4v) is 5.53. The minimum atomic E-state index is -0.295. The van der Waals surface area contributed by atoms with E-state index < -0.39 is 0 Å². The van der Waals surface area contributed by atoms with Crippen molar-refractivity contribution in [2.24, 2.45) is 0 Å². The van der Waals surface area contributed by atoms with E-state index in [2.05, 4.69) is 0 Å². The van der Waals surface area contributed by atoms with Crippen molar-refractivity contribution in [3.8, 4) is 5.75 Å². The number of benzene rings is 2. The van der Waals surface area contributed by atoms with E-state index in [9.17, 15) is 14.0 Å². The van der Waals surface area contributed by atoms with Gasteiger partial charge in [0.05, 0.1) is 7.11 Å². The van der Waals surface area contributed by atoms with E-state index in [1.807, 2.05) is 44.9 Å². The number of amides is 2. The maximum atomic E-state index is 13.8. The van der Waals surface area contributed by atoms with Crippen molar-refractivity contribution in [2.45, 2.75) is 19.5 Å². The summed E-state index contributed by atoms with van der Waals surface area (Å²) in [5.74, 6) is 0.276. The van der Waals surface area contributed by atoms with Gasteiger partial charge in [-0.3, -0.25) is 9.59 Å². The number of nitrogens with zero attached hydrogens (tertiary/aromatic N) is 3. The van der Waals surface area contributed by atoms with Gasteiger partial charge in [-0.15, -0.1) is 11.3 Å². The van der Waals surface area contributed by atoms with Crippen molar-refractivity contribution in [3.63, 3.8) is 0 Å². The number of thiophene rings is 1. The van der Waals surface area contributed by atoms with Crippen molar-refractivity contribution in [3.05, 3.63) is 88.7 Å². The van der Waals surface area contributed by atoms with Crippen LogP contribution in [0.4, 0.5) is 4.39 Å². The van der Waals surface area contributed by atoms with Crippen molar-refractivity contribution in [2.75, 3.05) is 26.7 Å². The minimum absolute atomic E-state index is 0.0535. The van der Waals surface area contributed by atoms with Crippen LogP contribution < -0.4 is 4.74 Å². The standard InChI is InChI=1S/C27H26FN3O3S/c1-18-16-29(11-12-30(18)25(32)20-6-8-23(34-2)9-7-20)26(33)24-15-21-10-13-35-27(21)31(24)17-19-4-3-5-22(28)14-19/h3-10,13-15,18H,11-12,16-17H2,1-2H3/t18-/m1/s1. The molecule has 2 aromatic heterocycles. The lowest BCUT2D eigenvalue weighted by Crippen LogP contribution is -2.55. The Morgan fingerprint density at radius 2 is 1.86 bits per heavy atom. The Balaban J connectivity index is 1.34. The number of hydrogen-bond donors (Lipinski definition) is 0. The SMILES string of the molecule is COc1ccc(C(=O)N2CCN(C(=O)c3cc4ccsc4n3Cc3cccc(F)c3)C[C@H]2C)cc1. The van der Waals surface area contributed by atoms with E-state index in [-0.39, 0.29) is 23.7 Å². The molecule has 35 heavy (non-hydrogen) atoms. The summed E-state index contributed by atoms with van der Waals surface area (Å²) in [4.78, 5) is 31.3. The van der Waals surface area contributed by atoms with Crippen LogP contribution in [0.1, 0.15) is 33.3 Å². The summed E-state index contributed by atoms with van der Waals surface area (Å²) < 4.78 is 20.9. The lowest BCUT2D eigenvalue weighted by atomic mass is 10.1. The number of ether oxygens (including phenoxy) is 1. The molecule has 4 aromatic rings. The van der Waals surface area contributed by atoms with Crippen molar-refractivity contribution >= 4 is 33.4 Å². The zero-order chi connectivity index (χ0) is 24.5. The van der Waals surface area contributed by atoms with Crippen LogP contribution in [0.25, 0.3) is 10.2 Å². The van der Waals surface area contributed by atoms with Gasteiger partial charge in [0.15, 0.2) is 0 Å². The highest BCUT2D eigenvalue weighted by atomic mass is 32.1. The molecule has 5 rings (SSSR count). The smallest absolute Gasteiger partial charge is 0.270 e. The van der Waals surface area contributed by atoms with Gasteiger partial charge in [0.25, 0.3) is 11.8 Å². The van der Waals surface area contributed by atoms with Gasteiger partial charge in [-0.25, -0.2) is 4.39 Å². The number of rotatable bonds is 5. The molecule has 6 nitrogen and oxygen atoms in total. The second-order valence-corrected chi connectivity index (χ2v) is 9.65. The highest BCUT2D eigenvalue weighted by Crippen LogP contribution is 2.28. The van der Waals surface area contributed by atoms with Gasteiger partial charge in [-0.1, -0.05) is 12.1 Å². The first-order valence-electron chi connectivity index (χ1n) is 11.5. The molecule has 0 N–H and O–H groups in total. The molecule has 1 aliphatic rings. The second-order valence-electron chi connectivity index (χ2n) is 8.75. The summed E-state index contributed by atoms with van der Waals surface area (Å²) in [6.07, 6.45) is 0. The fourth-order valence-electron chi connectivity index (χ4n) is 4.63. The topological polar surface area (TPSA) is 54.8 Å². The molecule has 0 aliphatic carbocycles. The van der Waals surface area contributed by atoms with E-state index >= 15 is 0 Å². The number of carbonyl (C=O) groups excluding carboxylic acids is 2. The van der Waals surface area contributed by atoms with E-state index in [0.29, 0.717) is 43.2 Å². The first-order chi connectivity index (χ1) is 16.9. The zero-order valence-corrected chi connectivity index (χ0v) is 20.4. The van der Waals surface area contributed by atoms with Crippen LogP contribution in [-0.4, -0.2) is 59.0 Å². The molecule has 2 aromatic carbocycles. The molecule has 1 saturated heterocycles. The molecule has 2 amide bonds. The molecule has 0 radical (unpaired) electrons. The minimum Gasteiger partial charge on any atom is -0.497 e. The van der Waals surface area contributed by atoms with Gasteiger partial charge < -0.3 is 19.1 Å². The number of hydrogen-bond acceptors (Lipinski definition) is 4. The molecule has 0 bridgehead atoms. The number of carbonyl (C=O) groups is 2. The normalized spacial score (nSPS) is 16.0. The molecule has 1 aliphatic heterocycles. The van der Waals surface area contributed by atoms with Crippen LogP contribution in [0.5, 0.6) is 5.75 Å². The van der Waals surface area contributed by atoms with Crippen LogP contribution in [0, 0.1) is 5.82 Å². The predicted octanol–water partition coefficient (Wildman–Crippen LogP) is 4.89. The third kappa shape index (κ3) is 4.53. The van der Waals surface area contributed by atoms with Gasteiger partial charge in [0.2, 0.25) is 0 Å². The third-order valence-electron chi connectivity index (χ3n) is 6.46. The molecular weight excluding hydrogens is 465 g/mol. The predicted molar refractivity (Wildman–Crippen MR) is 135 cm³/mol. The molecule has 8 heteroatoms. The van der Waals surface area contributed by atoms with E-state index in [1.165, 1.54) is 12.1 Å². The Hall–Kier alpha value is -3.65. The number of aromatic nitrogens is 1. The fraction of sp³-hybridized carbons (Fsp3) is 0.259. The van der Waals surface area contributed by atoms with Gasteiger partial charge in [-0.2, -0.15) is 0 Å². The lowest BCUT2D eigenvalue weighted by Gasteiger charge is -2.40. The summed E-state index contributed by atoms with van der Waals surface area (Å²) in [5, 5.41) is 2.99. The van der Waals surface area contributed by atoms with E-state index in [1.54, 1.807) is 48.8 Å². The lowest BCUT2D eigenvalue weighted by molar-refractivity contribution is 0.0409. The molecule has 0 unspecified atom stereocenters. The number of fused-ring (bicyclic) bond motifs is 1. The number of methoxy groups -OCH3 is 1. The largest absolute Gasteiger partial charge is 0.497 e. The Morgan fingerprint density at radius 3 is 2.57 bits per heavy atom. The zero-order valence-electron chi connectivity index (χ0n) is 19.6. The Bertz CT molecular complexity index is 1380. The molecule has 0 spiro atoms. The van der Waals surface area contributed by atoms with Crippen LogP contribution >= 0.6 is 11.3 Å². The van der Waals surface area contributed by atoms with Gasteiger partial charge in [0.1, 0.15) is 22.1 Å². The highest BCUT2D eigenvalue weighted by Gasteiger charge is 2.32. The number of halogens is 1. The first-order valence-corrected chi connectivity index (χ1v) is 12.4. The monoisotopic (exact) mass is 491 g/mol. The Kier molecular flexibility index (Phi) is 6.30. The average molecular weight is 492 g/mol. The second kappa shape index (κ2) is 9.54. The summed E-state index contributed by atoms with van der Waals surface area (Å²) >= 11 is 1.56. The molecule has 1 fully saturated rings. The van der Waals surface area contributed by atoms with Crippen LogP contribution in [-0.2, 0) is 6.54 Å². The third-order valence-corrected chi connectivity index (χ3v) is 7.42. The molecule has 180 valence electrons. The molecule has 0 saturated carbocycles. The summed E-state index contributed by atoms with van der Waals surface area (Å²) in [7, 11) is 1.59. The van der Waals surface area contributed by atoms with E-state index in [0.717, 1.165) is 15.8 Å². The molecule has 3 heterocycles. The Morgan fingerprint density at radius 1 is 1.06 bits per heavy atom. The van der Waals surface area contributed by atoms with Crippen molar-refractivity contribution in [1.29, 1.82) is 0 Å². The van der Waals surface area contributed by atoms with Crippen LogP contribution in [0.3, 0.4) is 0 Å². The quantitative estimate of drug-likeness (QED) is 0.400. The summed E-state index contributed by atoms with van der Waals surface area (Å²) in [6, 6.07) is 17.3. The Labute approximate surface area is 207 Å². The maximum absolute atomic E-state index is 13.8. The van der Waals surface area contributed by atoms with Crippen molar-refractivity contribution < 1.29 is 18.7 Å². The number of piperazine rings is 1. The van der Waals surface area contributed by atoms with Crippen LogP contribution in [0.15, 0.2) is 66.0 Å². The highest BCUT2D eigenvalue weighted by molar-refractivity contribution is 7.16. The van der Waals surface area contributed by atoms with Gasteiger partial charge in [-0.05, 0) is 66.4 Å². The molecule has 1 atom stereocenters. The van der Waals surface area contributed by atoms with E-state index in [4.69, 9.17) is 4.74 Å². The molecular formula is C27H26FN3O3S. The summed E-state index contributed by atoms with van der Waals surface area (Å²) in [5.41, 5.74) is 1.98. The average Bonchev–Trinajstić information content (AvgIpc) is 3.46. The maximum Gasteiger partial charge on any atom is 0.270 e.